The quantitative estimate of drug-likeness (QED) is 0.702. The third-order valence-electron chi connectivity index (χ3n) is 4.75. The van der Waals surface area contributed by atoms with Gasteiger partial charge in [-0.15, -0.1) is 0 Å². The van der Waals surface area contributed by atoms with E-state index in [4.69, 9.17) is 0 Å². The Labute approximate surface area is 158 Å². The summed E-state index contributed by atoms with van der Waals surface area (Å²) in [6, 6.07) is 12.7. The molecule has 1 atom stereocenters. The van der Waals surface area contributed by atoms with Crippen molar-refractivity contribution in [2.75, 3.05) is 18.4 Å². The third kappa shape index (κ3) is 5.89. The molecule has 0 radical (unpaired) electrons. The predicted octanol–water partition coefficient (Wildman–Crippen LogP) is 3.08. The summed E-state index contributed by atoms with van der Waals surface area (Å²) in [5, 5.41) is 9.01. The minimum atomic E-state index is -0.377. The molecule has 3 rings (SSSR count). The first-order chi connectivity index (χ1) is 13.1. The summed E-state index contributed by atoms with van der Waals surface area (Å²) in [5.74, 6) is 0.00524. The van der Waals surface area contributed by atoms with Crippen molar-refractivity contribution in [3.05, 3.63) is 65.5 Å². The molecule has 0 aliphatic carbocycles. The Morgan fingerprint density at radius 1 is 1.07 bits per heavy atom. The van der Waals surface area contributed by atoms with Gasteiger partial charge in [0.05, 0.1) is 0 Å². The number of halogens is 1. The van der Waals surface area contributed by atoms with E-state index in [0.717, 1.165) is 31.5 Å². The molecule has 2 aromatic carbocycles. The Balaban J connectivity index is 1.43. The van der Waals surface area contributed by atoms with Crippen LogP contribution in [0.1, 0.15) is 35.2 Å². The van der Waals surface area contributed by atoms with Crippen LogP contribution in [0, 0.1) is 11.7 Å². The van der Waals surface area contributed by atoms with E-state index in [1.165, 1.54) is 24.3 Å². The fraction of sp³-hybridized carbons (Fsp3) is 0.333. The molecule has 2 amide bonds. The Morgan fingerprint density at radius 2 is 1.81 bits per heavy atom. The van der Waals surface area contributed by atoms with Crippen LogP contribution >= 0.6 is 0 Å². The number of benzene rings is 2. The van der Waals surface area contributed by atoms with Crippen LogP contribution in [0.5, 0.6) is 0 Å². The summed E-state index contributed by atoms with van der Waals surface area (Å²) in [5.41, 5.74) is 2.00. The number of hydrogen-bond donors (Lipinski definition) is 3. The van der Waals surface area contributed by atoms with Gasteiger partial charge in [-0.05, 0) is 73.8 Å². The van der Waals surface area contributed by atoms with Crippen LogP contribution in [0.2, 0.25) is 0 Å². The van der Waals surface area contributed by atoms with Crippen LogP contribution in [-0.4, -0.2) is 24.9 Å². The lowest BCUT2D eigenvalue weighted by Crippen LogP contribution is -2.23. The largest absolute Gasteiger partial charge is 0.352 e. The molecule has 1 heterocycles. The fourth-order valence-corrected chi connectivity index (χ4v) is 3.10. The first-order valence-electron chi connectivity index (χ1n) is 9.23. The smallest absolute Gasteiger partial charge is 0.255 e. The summed E-state index contributed by atoms with van der Waals surface area (Å²) in [4.78, 5) is 24.1. The van der Waals surface area contributed by atoms with Crippen LogP contribution in [0.3, 0.4) is 0 Å². The molecule has 1 aliphatic heterocycles. The monoisotopic (exact) mass is 369 g/mol. The van der Waals surface area contributed by atoms with Crippen molar-refractivity contribution in [1.82, 2.24) is 10.6 Å². The highest BCUT2D eigenvalue weighted by Crippen LogP contribution is 2.15. The molecule has 1 unspecified atom stereocenters. The first kappa shape index (κ1) is 19.0. The average molecular weight is 369 g/mol. The number of hydrogen-bond acceptors (Lipinski definition) is 3. The van der Waals surface area contributed by atoms with Gasteiger partial charge < -0.3 is 16.0 Å². The van der Waals surface area contributed by atoms with Crippen LogP contribution in [0.25, 0.3) is 0 Å². The standard InChI is InChI=1S/C21H24FN3O2/c22-18-6-4-17(5-7-18)21(27)25-19-8-1-15(2-9-19)14-24-20(26)10-3-16-11-12-23-13-16/h1-2,4-9,16,23H,3,10-14H2,(H,24,26)(H,25,27). The summed E-state index contributed by atoms with van der Waals surface area (Å²) >= 11 is 0. The van der Waals surface area contributed by atoms with Gasteiger partial charge in [-0.3, -0.25) is 9.59 Å². The van der Waals surface area contributed by atoms with Crippen LogP contribution in [-0.2, 0) is 11.3 Å². The Kier molecular flexibility index (Phi) is 6.54. The van der Waals surface area contributed by atoms with Crippen LogP contribution in [0.4, 0.5) is 10.1 Å². The number of carbonyl (C=O) groups excluding carboxylic acids is 2. The van der Waals surface area contributed by atoms with Gasteiger partial charge in [0.2, 0.25) is 5.91 Å². The second-order valence-corrected chi connectivity index (χ2v) is 6.83. The summed E-state index contributed by atoms with van der Waals surface area (Å²) in [6.07, 6.45) is 2.63. The Bertz CT molecular complexity index is 769. The Morgan fingerprint density at radius 3 is 2.48 bits per heavy atom. The van der Waals surface area contributed by atoms with Crippen molar-refractivity contribution in [3.63, 3.8) is 0 Å². The number of carbonyl (C=O) groups is 2. The molecule has 1 fully saturated rings. The molecule has 5 nitrogen and oxygen atoms in total. The molecular formula is C21H24FN3O2. The van der Waals surface area contributed by atoms with Gasteiger partial charge >= 0.3 is 0 Å². The lowest BCUT2D eigenvalue weighted by molar-refractivity contribution is -0.121. The zero-order chi connectivity index (χ0) is 19.1. The molecule has 0 aromatic heterocycles. The highest BCUT2D eigenvalue weighted by atomic mass is 19.1. The second kappa shape index (κ2) is 9.28. The summed E-state index contributed by atoms with van der Waals surface area (Å²) < 4.78 is 12.9. The number of anilines is 1. The van der Waals surface area contributed by atoms with Crippen molar-refractivity contribution in [2.24, 2.45) is 5.92 Å². The second-order valence-electron chi connectivity index (χ2n) is 6.83. The van der Waals surface area contributed by atoms with E-state index < -0.39 is 0 Å². The number of rotatable bonds is 7. The maximum Gasteiger partial charge on any atom is 0.255 e. The fourth-order valence-electron chi connectivity index (χ4n) is 3.10. The molecule has 142 valence electrons. The summed E-state index contributed by atoms with van der Waals surface area (Å²) in [6.45, 7) is 2.53. The normalized spacial score (nSPS) is 16.1. The number of nitrogens with one attached hydrogen (secondary N) is 3. The highest BCUT2D eigenvalue weighted by Gasteiger charge is 2.15. The number of amides is 2. The Hall–Kier alpha value is -2.73. The zero-order valence-electron chi connectivity index (χ0n) is 15.1. The van der Waals surface area contributed by atoms with E-state index in [9.17, 15) is 14.0 Å². The highest BCUT2D eigenvalue weighted by molar-refractivity contribution is 6.04. The zero-order valence-corrected chi connectivity index (χ0v) is 15.1. The van der Waals surface area contributed by atoms with Crippen molar-refractivity contribution >= 4 is 17.5 Å². The maximum atomic E-state index is 12.9. The summed E-state index contributed by atoms with van der Waals surface area (Å²) in [7, 11) is 0. The van der Waals surface area contributed by atoms with Gasteiger partial charge in [0.25, 0.3) is 5.91 Å². The van der Waals surface area contributed by atoms with Gasteiger partial charge in [-0.2, -0.15) is 0 Å². The topological polar surface area (TPSA) is 70.2 Å². The molecule has 0 spiro atoms. The molecule has 6 heteroatoms. The molecule has 1 aliphatic rings. The van der Waals surface area contributed by atoms with Gasteiger partial charge in [0.1, 0.15) is 5.82 Å². The SMILES string of the molecule is O=C(CCC1CCNC1)NCc1ccc(NC(=O)c2ccc(F)cc2)cc1. The van der Waals surface area contributed by atoms with E-state index in [-0.39, 0.29) is 17.6 Å². The minimum absolute atomic E-state index is 0.0654. The van der Waals surface area contributed by atoms with E-state index in [1.807, 2.05) is 12.1 Å². The van der Waals surface area contributed by atoms with Gasteiger partial charge in [-0.25, -0.2) is 4.39 Å². The minimum Gasteiger partial charge on any atom is -0.352 e. The van der Waals surface area contributed by atoms with Crippen molar-refractivity contribution < 1.29 is 14.0 Å². The van der Waals surface area contributed by atoms with E-state index in [2.05, 4.69) is 16.0 Å². The maximum absolute atomic E-state index is 12.9. The molecular weight excluding hydrogens is 345 g/mol. The van der Waals surface area contributed by atoms with E-state index in [1.54, 1.807) is 12.1 Å². The van der Waals surface area contributed by atoms with Crippen LogP contribution < -0.4 is 16.0 Å². The lowest BCUT2D eigenvalue weighted by Gasteiger charge is -2.10. The van der Waals surface area contributed by atoms with Gasteiger partial charge in [0.15, 0.2) is 0 Å². The van der Waals surface area contributed by atoms with E-state index in [0.29, 0.717) is 30.1 Å². The predicted molar refractivity (Wildman–Crippen MR) is 103 cm³/mol. The molecule has 0 saturated carbocycles. The van der Waals surface area contributed by atoms with Gasteiger partial charge in [-0.1, -0.05) is 12.1 Å². The molecule has 2 aromatic rings. The molecule has 27 heavy (non-hydrogen) atoms. The molecule has 1 saturated heterocycles. The molecule has 3 N–H and O–H groups in total. The van der Waals surface area contributed by atoms with Crippen molar-refractivity contribution in [2.45, 2.75) is 25.8 Å². The molecule has 0 bridgehead atoms. The first-order valence-corrected chi connectivity index (χ1v) is 9.23. The lowest BCUT2D eigenvalue weighted by atomic mass is 10.0. The van der Waals surface area contributed by atoms with Gasteiger partial charge in [0, 0.05) is 24.2 Å². The average Bonchev–Trinajstić information content (AvgIpc) is 3.20. The van der Waals surface area contributed by atoms with Crippen LogP contribution in [0.15, 0.2) is 48.5 Å². The van der Waals surface area contributed by atoms with Crippen molar-refractivity contribution in [3.8, 4) is 0 Å². The third-order valence-corrected chi connectivity index (χ3v) is 4.75. The van der Waals surface area contributed by atoms with Crippen molar-refractivity contribution in [1.29, 1.82) is 0 Å². The van der Waals surface area contributed by atoms with E-state index >= 15 is 0 Å².